The Bertz CT molecular complexity index is 626. The molecule has 0 fully saturated rings. The van der Waals surface area contributed by atoms with E-state index in [4.69, 9.17) is 9.47 Å². The quantitative estimate of drug-likeness (QED) is 0.819. The van der Waals surface area contributed by atoms with Gasteiger partial charge in [0.15, 0.2) is 0 Å². The van der Waals surface area contributed by atoms with Crippen molar-refractivity contribution in [2.24, 2.45) is 0 Å². The normalized spacial score (nSPS) is 10.3. The first-order chi connectivity index (χ1) is 10.0. The van der Waals surface area contributed by atoms with Crippen LogP contribution in [0.2, 0.25) is 0 Å². The minimum Gasteiger partial charge on any atom is -0.496 e. The van der Waals surface area contributed by atoms with Gasteiger partial charge in [-0.25, -0.2) is 0 Å². The van der Waals surface area contributed by atoms with Crippen molar-refractivity contribution >= 4 is 12.6 Å². The lowest BCUT2D eigenvalue weighted by atomic mass is 9.79. The van der Waals surface area contributed by atoms with Gasteiger partial charge in [-0.2, -0.15) is 0 Å². The Morgan fingerprint density at radius 3 is 2.33 bits per heavy atom. The SMILES string of the molecule is COc1ccc(B(O)O)cc1COc1ccc(C)cc1C. The zero-order chi connectivity index (χ0) is 15.4. The Labute approximate surface area is 125 Å². The molecule has 0 bridgehead atoms. The molecular formula is C16H19BO4. The van der Waals surface area contributed by atoms with Crippen LogP contribution >= 0.6 is 0 Å². The van der Waals surface area contributed by atoms with Gasteiger partial charge in [0, 0.05) is 5.56 Å². The average molecular weight is 286 g/mol. The predicted molar refractivity (Wildman–Crippen MR) is 83.1 cm³/mol. The van der Waals surface area contributed by atoms with E-state index in [9.17, 15) is 10.0 Å². The maximum atomic E-state index is 9.25. The van der Waals surface area contributed by atoms with Gasteiger partial charge in [-0.05, 0) is 37.0 Å². The lowest BCUT2D eigenvalue weighted by Crippen LogP contribution is -2.30. The summed E-state index contributed by atoms with van der Waals surface area (Å²) in [7, 11) is 0.0705. The molecule has 0 heterocycles. The van der Waals surface area contributed by atoms with Crippen LogP contribution in [0.1, 0.15) is 16.7 Å². The van der Waals surface area contributed by atoms with Crippen LogP contribution in [-0.2, 0) is 6.61 Å². The molecule has 2 N–H and O–H groups in total. The van der Waals surface area contributed by atoms with Crippen molar-refractivity contribution in [2.75, 3.05) is 7.11 Å². The maximum Gasteiger partial charge on any atom is 0.488 e. The molecule has 0 amide bonds. The van der Waals surface area contributed by atoms with Crippen molar-refractivity contribution < 1.29 is 19.5 Å². The first kappa shape index (κ1) is 15.4. The third-order valence-corrected chi connectivity index (χ3v) is 3.32. The van der Waals surface area contributed by atoms with E-state index in [1.165, 1.54) is 5.56 Å². The van der Waals surface area contributed by atoms with Crippen molar-refractivity contribution in [3.63, 3.8) is 0 Å². The molecule has 0 aromatic heterocycles. The number of hydrogen-bond acceptors (Lipinski definition) is 4. The van der Waals surface area contributed by atoms with Gasteiger partial charge in [-0.3, -0.25) is 0 Å². The van der Waals surface area contributed by atoms with E-state index in [0.717, 1.165) is 16.9 Å². The Morgan fingerprint density at radius 1 is 1.00 bits per heavy atom. The fraction of sp³-hybridized carbons (Fsp3) is 0.250. The van der Waals surface area contributed by atoms with Gasteiger partial charge in [-0.15, -0.1) is 0 Å². The van der Waals surface area contributed by atoms with E-state index in [-0.39, 0.29) is 0 Å². The molecule has 0 unspecified atom stereocenters. The fourth-order valence-corrected chi connectivity index (χ4v) is 2.19. The van der Waals surface area contributed by atoms with Crippen LogP contribution in [0.3, 0.4) is 0 Å². The molecule has 0 atom stereocenters. The Hall–Kier alpha value is -1.98. The summed E-state index contributed by atoms with van der Waals surface area (Å²) in [4.78, 5) is 0. The number of benzene rings is 2. The maximum absolute atomic E-state index is 9.25. The molecule has 0 radical (unpaired) electrons. The molecule has 2 rings (SSSR count). The van der Waals surface area contributed by atoms with Crippen LogP contribution in [0.15, 0.2) is 36.4 Å². The summed E-state index contributed by atoms with van der Waals surface area (Å²) in [6.07, 6.45) is 0. The van der Waals surface area contributed by atoms with E-state index in [0.29, 0.717) is 17.8 Å². The third kappa shape index (κ3) is 3.77. The van der Waals surface area contributed by atoms with Crippen LogP contribution in [-0.4, -0.2) is 24.3 Å². The largest absolute Gasteiger partial charge is 0.496 e. The molecule has 5 heteroatoms. The Morgan fingerprint density at radius 2 is 1.71 bits per heavy atom. The lowest BCUT2D eigenvalue weighted by Gasteiger charge is -2.13. The molecule has 0 aliphatic rings. The Kier molecular flexibility index (Phi) is 4.88. The van der Waals surface area contributed by atoms with Gasteiger partial charge in [0.25, 0.3) is 0 Å². The van der Waals surface area contributed by atoms with E-state index in [2.05, 4.69) is 6.07 Å². The summed E-state index contributed by atoms with van der Waals surface area (Å²) in [5.74, 6) is 1.46. The second-order valence-corrected chi connectivity index (χ2v) is 5.00. The van der Waals surface area contributed by atoms with Crippen LogP contribution in [0, 0.1) is 13.8 Å². The summed E-state index contributed by atoms with van der Waals surface area (Å²) < 4.78 is 11.1. The Balaban J connectivity index is 2.20. The van der Waals surface area contributed by atoms with E-state index < -0.39 is 7.12 Å². The highest BCUT2D eigenvalue weighted by molar-refractivity contribution is 6.58. The van der Waals surface area contributed by atoms with Gasteiger partial charge in [0.05, 0.1) is 7.11 Å². The molecule has 2 aromatic carbocycles. The number of ether oxygens (including phenoxy) is 2. The van der Waals surface area contributed by atoms with Gasteiger partial charge in [0.2, 0.25) is 0 Å². The fourth-order valence-electron chi connectivity index (χ4n) is 2.19. The van der Waals surface area contributed by atoms with Crippen molar-refractivity contribution in [2.45, 2.75) is 20.5 Å². The molecule has 21 heavy (non-hydrogen) atoms. The smallest absolute Gasteiger partial charge is 0.488 e. The van der Waals surface area contributed by atoms with Gasteiger partial charge >= 0.3 is 7.12 Å². The number of rotatable bonds is 5. The van der Waals surface area contributed by atoms with Crippen LogP contribution in [0.5, 0.6) is 11.5 Å². The summed E-state index contributed by atoms with van der Waals surface area (Å²) in [6.45, 7) is 4.33. The molecule has 0 saturated heterocycles. The lowest BCUT2D eigenvalue weighted by molar-refractivity contribution is 0.295. The predicted octanol–water partition coefficient (Wildman–Crippen LogP) is 1.57. The summed E-state index contributed by atoms with van der Waals surface area (Å²) >= 11 is 0. The highest BCUT2D eigenvalue weighted by Crippen LogP contribution is 2.23. The standard InChI is InChI=1S/C16H19BO4/c1-11-4-6-15(12(2)8-11)21-10-13-9-14(17(18)19)5-7-16(13)20-3/h4-9,18-19H,10H2,1-3H3. The molecule has 0 saturated carbocycles. The van der Waals surface area contributed by atoms with E-state index in [1.54, 1.807) is 25.3 Å². The number of hydrogen-bond donors (Lipinski definition) is 2. The summed E-state index contributed by atoms with van der Waals surface area (Å²) in [5.41, 5.74) is 3.42. The molecule has 2 aromatic rings. The van der Waals surface area contributed by atoms with E-state index >= 15 is 0 Å². The summed E-state index contributed by atoms with van der Waals surface area (Å²) in [5, 5.41) is 18.5. The minimum absolute atomic E-state index is 0.299. The van der Waals surface area contributed by atoms with Gasteiger partial charge < -0.3 is 19.5 Å². The zero-order valence-corrected chi connectivity index (χ0v) is 12.5. The van der Waals surface area contributed by atoms with Crippen LogP contribution in [0.4, 0.5) is 0 Å². The van der Waals surface area contributed by atoms with Crippen molar-refractivity contribution in [1.29, 1.82) is 0 Å². The summed E-state index contributed by atoms with van der Waals surface area (Å²) in [6, 6.07) is 11.0. The molecule has 0 aliphatic carbocycles. The van der Waals surface area contributed by atoms with Crippen molar-refractivity contribution in [3.05, 3.63) is 53.1 Å². The third-order valence-electron chi connectivity index (χ3n) is 3.32. The first-order valence-corrected chi connectivity index (χ1v) is 6.74. The van der Waals surface area contributed by atoms with Crippen molar-refractivity contribution in [1.82, 2.24) is 0 Å². The zero-order valence-electron chi connectivity index (χ0n) is 12.5. The molecule has 0 aliphatic heterocycles. The average Bonchev–Trinajstić information content (AvgIpc) is 2.46. The molecule has 0 spiro atoms. The van der Waals surface area contributed by atoms with Crippen molar-refractivity contribution in [3.8, 4) is 11.5 Å². The van der Waals surface area contributed by atoms with Gasteiger partial charge in [-0.1, -0.05) is 29.8 Å². The monoisotopic (exact) mass is 286 g/mol. The number of aryl methyl sites for hydroxylation is 2. The molecular weight excluding hydrogens is 267 g/mol. The van der Waals surface area contributed by atoms with E-state index in [1.807, 2.05) is 26.0 Å². The minimum atomic E-state index is -1.50. The number of methoxy groups -OCH3 is 1. The highest BCUT2D eigenvalue weighted by atomic mass is 16.5. The first-order valence-electron chi connectivity index (χ1n) is 6.74. The highest BCUT2D eigenvalue weighted by Gasteiger charge is 2.14. The molecule has 110 valence electrons. The van der Waals surface area contributed by atoms with Crippen LogP contribution < -0.4 is 14.9 Å². The second kappa shape index (κ2) is 6.65. The van der Waals surface area contributed by atoms with Gasteiger partial charge in [0.1, 0.15) is 18.1 Å². The van der Waals surface area contributed by atoms with Crippen LogP contribution in [0.25, 0.3) is 0 Å². The molecule has 4 nitrogen and oxygen atoms in total. The topological polar surface area (TPSA) is 58.9 Å². The second-order valence-electron chi connectivity index (χ2n) is 5.00.